The Morgan fingerprint density at radius 3 is 2.28 bits per heavy atom. The summed E-state index contributed by atoms with van der Waals surface area (Å²) in [5, 5.41) is 27.4. The van der Waals surface area contributed by atoms with Crippen LogP contribution < -0.4 is 20.7 Å². The molecular formula is C22H34ClN3O6. The molecule has 180 valence electrons. The number of carbonyl (C=O) groups excluding carboxylic acids is 2. The Bertz CT molecular complexity index is 785. The fourth-order valence-electron chi connectivity index (χ4n) is 2.89. The Morgan fingerprint density at radius 2 is 1.75 bits per heavy atom. The molecule has 5 N–H and O–H groups in total. The van der Waals surface area contributed by atoms with Crippen LogP contribution in [0.5, 0.6) is 5.75 Å². The van der Waals surface area contributed by atoms with E-state index in [2.05, 4.69) is 16.0 Å². The summed E-state index contributed by atoms with van der Waals surface area (Å²) in [5.41, 5.74) is 0.200. The molecule has 0 heterocycles. The molecule has 0 unspecified atom stereocenters. The first-order valence-corrected chi connectivity index (χ1v) is 11.0. The lowest BCUT2D eigenvalue weighted by molar-refractivity contribution is -0.145. The second kappa shape index (κ2) is 13.2. The summed E-state index contributed by atoms with van der Waals surface area (Å²) >= 11 is 6.06. The summed E-state index contributed by atoms with van der Waals surface area (Å²) in [5.74, 6) is -2.32. The van der Waals surface area contributed by atoms with Crippen molar-refractivity contribution in [3.8, 4) is 5.75 Å². The van der Waals surface area contributed by atoms with E-state index < -0.39 is 36.0 Å². The second-order valence-corrected chi connectivity index (χ2v) is 8.75. The molecule has 1 rings (SSSR count). The molecule has 10 heteroatoms. The molecule has 1 aromatic rings. The maximum Gasteiger partial charge on any atom is 0.328 e. The van der Waals surface area contributed by atoms with Crippen LogP contribution in [0.15, 0.2) is 18.2 Å². The number of aliphatic hydroxyl groups is 1. The Hall–Kier alpha value is -2.36. The fourth-order valence-corrected chi connectivity index (χ4v) is 3.06. The molecule has 0 aliphatic heterocycles. The SMILES string of the molecule is CC(C)C[C@H](NC(=O)c1ccc(Cl)cc1OCCNC(C)C)C(=O)N[C@H](C(=O)O)[C@@H](C)O. The second-order valence-electron chi connectivity index (χ2n) is 8.32. The van der Waals surface area contributed by atoms with Crippen LogP contribution in [0.25, 0.3) is 0 Å². The van der Waals surface area contributed by atoms with Gasteiger partial charge in [0.2, 0.25) is 5.91 Å². The van der Waals surface area contributed by atoms with Crippen molar-refractivity contribution < 1.29 is 29.3 Å². The highest BCUT2D eigenvalue weighted by Gasteiger charge is 2.30. The molecule has 0 radical (unpaired) electrons. The number of hydrogen-bond donors (Lipinski definition) is 5. The third-order valence-corrected chi connectivity index (χ3v) is 4.71. The van der Waals surface area contributed by atoms with E-state index in [0.717, 1.165) is 0 Å². The monoisotopic (exact) mass is 471 g/mol. The zero-order valence-electron chi connectivity index (χ0n) is 19.1. The summed E-state index contributed by atoms with van der Waals surface area (Å²) in [6.45, 7) is 9.89. The van der Waals surface area contributed by atoms with Gasteiger partial charge < -0.3 is 30.9 Å². The molecule has 0 aliphatic carbocycles. The van der Waals surface area contributed by atoms with E-state index in [1.165, 1.54) is 19.1 Å². The van der Waals surface area contributed by atoms with Crippen LogP contribution in [0.2, 0.25) is 5.02 Å². The van der Waals surface area contributed by atoms with Crippen molar-refractivity contribution in [2.45, 2.75) is 65.3 Å². The van der Waals surface area contributed by atoms with Crippen molar-refractivity contribution in [2.75, 3.05) is 13.2 Å². The zero-order valence-corrected chi connectivity index (χ0v) is 19.9. The maximum atomic E-state index is 13.0. The average molecular weight is 472 g/mol. The van der Waals surface area contributed by atoms with Gasteiger partial charge in [-0.25, -0.2) is 4.79 Å². The molecule has 0 bridgehead atoms. The number of hydrogen-bond acceptors (Lipinski definition) is 6. The van der Waals surface area contributed by atoms with Crippen LogP contribution in [0.3, 0.4) is 0 Å². The highest BCUT2D eigenvalue weighted by atomic mass is 35.5. The van der Waals surface area contributed by atoms with E-state index >= 15 is 0 Å². The lowest BCUT2D eigenvalue weighted by Gasteiger charge is -2.24. The molecule has 0 aromatic heterocycles. The molecule has 0 fully saturated rings. The average Bonchev–Trinajstić information content (AvgIpc) is 2.67. The topological polar surface area (TPSA) is 137 Å². The fraction of sp³-hybridized carbons (Fsp3) is 0.591. The maximum absolute atomic E-state index is 13.0. The molecular weight excluding hydrogens is 438 g/mol. The smallest absolute Gasteiger partial charge is 0.328 e. The molecule has 0 saturated heterocycles. The number of aliphatic carboxylic acids is 1. The molecule has 0 saturated carbocycles. The summed E-state index contributed by atoms with van der Waals surface area (Å²) in [6, 6.07) is 2.36. The van der Waals surface area contributed by atoms with Gasteiger partial charge in [0.15, 0.2) is 6.04 Å². The van der Waals surface area contributed by atoms with Gasteiger partial charge >= 0.3 is 5.97 Å². The molecule has 0 spiro atoms. The van der Waals surface area contributed by atoms with E-state index in [-0.39, 0.29) is 29.7 Å². The molecule has 2 amide bonds. The van der Waals surface area contributed by atoms with Crippen LogP contribution in [-0.4, -0.2) is 65.4 Å². The number of ether oxygens (including phenoxy) is 1. The van der Waals surface area contributed by atoms with Crippen LogP contribution in [0, 0.1) is 5.92 Å². The third kappa shape index (κ3) is 9.42. The third-order valence-electron chi connectivity index (χ3n) is 4.48. The van der Waals surface area contributed by atoms with Crippen LogP contribution >= 0.6 is 11.6 Å². The summed E-state index contributed by atoms with van der Waals surface area (Å²) in [6.07, 6.45) is -1.03. The van der Waals surface area contributed by atoms with E-state index in [0.29, 0.717) is 18.2 Å². The number of aliphatic hydroxyl groups excluding tert-OH is 1. The van der Waals surface area contributed by atoms with Gasteiger partial charge in [0.05, 0.1) is 11.7 Å². The number of halogens is 1. The predicted molar refractivity (Wildman–Crippen MR) is 122 cm³/mol. The van der Waals surface area contributed by atoms with Crippen molar-refractivity contribution in [3.05, 3.63) is 28.8 Å². The minimum atomic E-state index is -1.49. The van der Waals surface area contributed by atoms with Gasteiger partial charge in [-0.3, -0.25) is 9.59 Å². The van der Waals surface area contributed by atoms with Gasteiger partial charge in [-0.1, -0.05) is 39.3 Å². The lowest BCUT2D eigenvalue weighted by atomic mass is 10.0. The van der Waals surface area contributed by atoms with E-state index in [1.807, 2.05) is 27.7 Å². The minimum absolute atomic E-state index is 0.0314. The lowest BCUT2D eigenvalue weighted by Crippen LogP contribution is -2.55. The van der Waals surface area contributed by atoms with Crippen molar-refractivity contribution in [1.82, 2.24) is 16.0 Å². The van der Waals surface area contributed by atoms with Gasteiger partial charge in [0, 0.05) is 17.6 Å². The van der Waals surface area contributed by atoms with Crippen LogP contribution in [0.4, 0.5) is 0 Å². The standard InChI is InChI=1S/C22H34ClN3O6/c1-12(2)10-17(21(29)26-19(14(5)27)22(30)31)25-20(28)16-7-6-15(23)11-18(16)32-9-8-24-13(3)4/h6-7,11-14,17,19,24,27H,8-10H2,1-5H3,(H,25,28)(H,26,29)(H,30,31)/t14-,17+,19+/m1/s1. The number of benzene rings is 1. The molecule has 3 atom stereocenters. The normalized spacial score (nSPS) is 14.0. The first-order chi connectivity index (χ1) is 14.9. The first-order valence-electron chi connectivity index (χ1n) is 10.6. The molecule has 0 aliphatic rings. The zero-order chi connectivity index (χ0) is 24.4. The summed E-state index contributed by atoms with van der Waals surface area (Å²) in [4.78, 5) is 37.0. The van der Waals surface area contributed by atoms with E-state index in [1.54, 1.807) is 6.07 Å². The first kappa shape index (κ1) is 27.7. The quantitative estimate of drug-likeness (QED) is 0.277. The van der Waals surface area contributed by atoms with Crippen LogP contribution in [0.1, 0.15) is 51.4 Å². The Balaban J connectivity index is 3.00. The van der Waals surface area contributed by atoms with Crippen LogP contribution in [-0.2, 0) is 9.59 Å². The van der Waals surface area contributed by atoms with E-state index in [4.69, 9.17) is 16.3 Å². The van der Waals surface area contributed by atoms with E-state index in [9.17, 15) is 24.6 Å². The van der Waals surface area contributed by atoms with Gasteiger partial charge in [0.1, 0.15) is 18.4 Å². The number of carbonyl (C=O) groups is 3. The Morgan fingerprint density at radius 1 is 1.09 bits per heavy atom. The number of rotatable bonds is 13. The van der Waals surface area contributed by atoms with Crippen molar-refractivity contribution in [2.24, 2.45) is 5.92 Å². The largest absolute Gasteiger partial charge is 0.491 e. The van der Waals surface area contributed by atoms with Gasteiger partial charge in [-0.2, -0.15) is 0 Å². The number of carboxylic acids is 1. The number of nitrogens with one attached hydrogen (secondary N) is 3. The molecule has 1 aromatic carbocycles. The number of carboxylic acid groups (broad SMARTS) is 1. The Kier molecular flexibility index (Phi) is 11.5. The van der Waals surface area contributed by atoms with Crippen molar-refractivity contribution in [1.29, 1.82) is 0 Å². The highest BCUT2D eigenvalue weighted by molar-refractivity contribution is 6.30. The molecule has 9 nitrogen and oxygen atoms in total. The Labute approximate surface area is 193 Å². The minimum Gasteiger partial charge on any atom is -0.491 e. The summed E-state index contributed by atoms with van der Waals surface area (Å²) < 4.78 is 5.72. The summed E-state index contributed by atoms with van der Waals surface area (Å²) in [7, 11) is 0. The van der Waals surface area contributed by atoms with Crippen molar-refractivity contribution >= 4 is 29.4 Å². The van der Waals surface area contributed by atoms with Crippen molar-refractivity contribution in [3.63, 3.8) is 0 Å². The molecule has 32 heavy (non-hydrogen) atoms. The van der Waals surface area contributed by atoms with Gasteiger partial charge in [0.25, 0.3) is 5.91 Å². The highest BCUT2D eigenvalue weighted by Crippen LogP contribution is 2.24. The predicted octanol–water partition coefficient (Wildman–Crippen LogP) is 1.81. The van der Waals surface area contributed by atoms with Gasteiger partial charge in [-0.05, 0) is 37.5 Å². The number of amides is 2. The van der Waals surface area contributed by atoms with Gasteiger partial charge in [-0.15, -0.1) is 0 Å².